The molecule has 130 valence electrons. The Balaban J connectivity index is 1.97. The maximum Gasteiger partial charge on any atom is 0.435 e. The molecule has 2 atom stereocenters. The molecule has 1 N–H and O–H groups in total. The number of rotatable bonds is 4. The molecule has 1 aromatic heterocycles. The van der Waals surface area contributed by atoms with Gasteiger partial charge in [0.05, 0.1) is 5.56 Å². The fourth-order valence-corrected chi connectivity index (χ4v) is 2.95. The molecule has 0 aliphatic carbocycles. The number of piperidine rings is 1. The number of aryl methyl sites for hydroxylation is 1. The van der Waals surface area contributed by atoms with Crippen LogP contribution in [0, 0.1) is 5.92 Å². The van der Waals surface area contributed by atoms with Gasteiger partial charge in [-0.25, -0.2) is 0 Å². The normalized spacial score (nSPS) is 21.2. The zero-order valence-electron chi connectivity index (χ0n) is 13.7. The second kappa shape index (κ2) is 6.90. The molecule has 1 aliphatic heterocycles. The van der Waals surface area contributed by atoms with Gasteiger partial charge in [-0.05, 0) is 32.2 Å². The number of carbonyl (C=O) groups is 1. The van der Waals surface area contributed by atoms with Gasteiger partial charge in [-0.2, -0.15) is 18.3 Å². The number of hydrogen-bond acceptors (Lipinski definition) is 3. The first-order valence-corrected chi connectivity index (χ1v) is 7.81. The van der Waals surface area contributed by atoms with Gasteiger partial charge in [0.2, 0.25) is 0 Å². The Kier molecular flexibility index (Phi) is 5.33. The summed E-state index contributed by atoms with van der Waals surface area (Å²) in [5.74, 6) is -0.126. The summed E-state index contributed by atoms with van der Waals surface area (Å²) < 4.78 is 39.7. The van der Waals surface area contributed by atoms with E-state index in [1.165, 1.54) is 13.5 Å². The van der Waals surface area contributed by atoms with Crippen molar-refractivity contribution in [3.05, 3.63) is 17.5 Å². The van der Waals surface area contributed by atoms with Crippen molar-refractivity contribution in [1.29, 1.82) is 0 Å². The number of likely N-dealkylation sites (tertiary alicyclic amines) is 1. The largest absolute Gasteiger partial charge is 0.435 e. The zero-order chi connectivity index (χ0) is 17.2. The summed E-state index contributed by atoms with van der Waals surface area (Å²) in [5, 5.41) is 5.95. The molecule has 0 bridgehead atoms. The van der Waals surface area contributed by atoms with Gasteiger partial charge in [0, 0.05) is 32.4 Å². The molecule has 1 amide bonds. The van der Waals surface area contributed by atoms with Crippen LogP contribution in [0.25, 0.3) is 0 Å². The molecule has 0 spiro atoms. The Bertz CT molecular complexity index is 555. The van der Waals surface area contributed by atoms with Gasteiger partial charge in [0.25, 0.3) is 5.91 Å². The van der Waals surface area contributed by atoms with Gasteiger partial charge < -0.3 is 5.32 Å². The number of alkyl halides is 3. The van der Waals surface area contributed by atoms with Crippen molar-refractivity contribution in [2.45, 2.75) is 38.9 Å². The van der Waals surface area contributed by atoms with Crippen molar-refractivity contribution in [3.63, 3.8) is 0 Å². The lowest BCUT2D eigenvalue weighted by molar-refractivity contribution is -0.141. The van der Waals surface area contributed by atoms with Crippen molar-refractivity contribution >= 4 is 5.91 Å². The first-order chi connectivity index (χ1) is 10.7. The molecule has 0 aromatic carbocycles. The van der Waals surface area contributed by atoms with Crippen molar-refractivity contribution in [1.82, 2.24) is 20.0 Å². The number of nitrogens with one attached hydrogen (secondary N) is 1. The van der Waals surface area contributed by atoms with Gasteiger partial charge in [-0.3, -0.25) is 14.4 Å². The van der Waals surface area contributed by atoms with E-state index in [2.05, 4.69) is 22.2 Å². The minimum absolute atomic E-state index is 0.0905. The summed E-state index contributed by atoms with van der Waals surface area (Å²) in [4.78, 5) is 14.4. The molecule has 2 heterocycles. The van der Waals surface area contributed by atoms with Gasteiger partial charge >= 0.3 is 6.18 Å². The topological polar surface area (TPSA) is 50.2 Å². The number of carbonyl (C=O) groups excluding carboxylic acids is 1. The monoisotopic (exact) mass is 332 g/mol. The highest BCUT2D eigenvalue weighted by atomic mass is 19.4. The summed E-state index contributed by atoms with van der Waals surface area (Å²) in [6.45, 7) is 6.40. The van der Waals surface area contributed by atoms with Gasteiger partial charge in [0.1, 0.15) is 0 Å². The van der Waals surface area contributed by atoms with Gasteiger partial charge in [-0.15, -0.1) is 0 Å². The molecule has 0 saturated carbocycles. The van der Waals surface area contributed by atoms with E-state index in [1.807, 2.05) is 6.92 Å². The predicted octanol–water partition coefficient (Wildman–Crippen LogP) is 2.29. The summed E-state index contributed by atoms with van der Waals surface area (Å²) in [6, 6.07) is 0.0905. The minimum atomic E-state index is -4.64. The van der Waals surface area contributed by atoms with Crippen molar-refractivity contribution in [2.24, 2.45) is 13.0 Å². The number of aromatic nitrogens is 2. The van der Waals surface area contributed by atoms with Crippen LogP contribution < -0.4 is 5.32 Å². The summed E-state index contributed by atoms with van der Waals surface area (Å²) in [6.07, 6.45) is -1.23. The zero-order valence-corrected chi connectivity index (χ0v) is 13.7. The van der Waals surface area contributed by atoms with Crippen LogP contribution >= 0.6 is 0 Å². The average Bonchev–Trinajstić information content (AvgIpc) is 2.86. The van der Waals surface area contributed by atoms with Crippen LogP contribution in [-0.4, -0.2) is 46.3 Å². The van der Waals surface area contributed by atoms with E-state index in [0.29, 0.717) is 12.5 Å². The quantitative estimate of drug-likeness (QED) is 0.920. The molecular weight excluding hydrogens is 309 g/mol. The van der Waals surface area contributed by atoms with Crippen LogP contribution in [0.1, 0.15) is 42.7 Å². The third-order valence-corrected chi connectivity index (χ3v) is 4.21. The molecule has 0 unspecified atom stereocenters. The van der Waals surface area contributed by atoms with Crippen molar-refractivity contribution in [2.75, 3.05) is 19.6 Å². The Morgan fingerprint density at radius 3 is 2.83 bits per heavy atom. The molecule has 5 nitrogen and oxygen atoms in total. The van der Waals surface area contributed by atoms with E-state index < -0.39 is 23.3 Å². The van der Waals surface area contributed by atoms with Gasteiger partial charge in [0.15, 0.2) is 5.69 Å². The maximum absolute atomic E-state index is 12.9. The van der Waals surface area contributed by atoms with E-state index >= 15 is 0 Å². The number of halogens is 3. The summed E-state index contributed by atoms with van der Waals surface area (Å²) in [5.41, 5.74) is -1.57. The molecule has 1 saturated heterocycles. The molecule has 23 heavy (non-hydrogen) atoms. The van der Waals surface area contributed by atoms with E-state index in [9.17, 15) is 18.0 Å². The van der Waals surface area contributed by atoms with Crippen molar-refractivity contribution in [3.8, 4) is 0 Å². The van der Waals surface area contributed by atoms with E-state index in [-0.39, 0.29) is 6.04 Å². The van der Waals surface area contributed by atoms with Crippen LogP contribution in [0.15, 0.2) is 6.20 Å². The highest BCUT2D eigenvalue weighted by Crippen LogP contribution is 2.30. The standard InChI is InChI=1S/C15H23F3N4O/c1-10-5-4-6-22(8-10)11(2)7-19-14(23)12-9-21(3)20-13(12)15(16,17)18/h9-11H,4-8H2,1-3H3,(H,19,23)/t10-,11-/m1/s1. The Labute approximate surface area is 133 Å². The predicted molar refractivity (Wildman–Crippen MR) is 80.0 cm³/mol. The number of amides is 1. The summed E-state index contributed by atoms with van der Waals surface area (Å²) in [7, 11) is 1.36. The SMILES string of the molecule is C[C@@H]1CCCN([C@H](C)CNC(=O)c2cn(C)nc2C(F)(F)F)C1. The van der Waals surface area contributed by atoms with Crippen LogP contribution in [-0.2, 0) is 13.2 Å². The van der Waals surface area contributed by atoms with Crippen LogP contribution in [0.2, 0.25) is 0 Å². The van der Waals surface area contributed by atoms with E-state index in [1.54, 1.807) is 0 Å². The Hall–Kier alpha value is -1.57. The average molecular weight is 332 g/mol. The first-order valence-electron chi connectivity index (χ1n) is 7.81. The Morgan fingerprint density at radius 2 is 2.22 bits per heavy atom. The smallest absolute Gasteiger partial charge is 0.350 e. The second-order valence-electron chi connectivity index (χ2n) is 6.36. The number of nitrogens with zero attached hydrogens (tertiary/aromatic N) is 3. The van der Waals surface area contributed by atoms with Gasteiger partial charge in [-0.1, -0.05) is 6.92 Å². The third kappa shape index (κ3) is 4.46. The van der Waals surface area contributed by atoms with Crippen LogP contribution in [0.5, 0.6) is 0 Å². The molecule has 8 heteroatoms. The number of hydrogen-bond donors (Lipinski definition) is 1. The van der Waals surface area contributed by atoms with Crippen LogP contribution in [0.4, 0.5) is 13.2 Å². The minimum Gasteiger partial charge on any atom is -0.350 e. The first kappa shape index (κ1) is 17.8. The lowest BCUT2D eigenvalue weighted by Gasteiger charge is -2.35. The van der Waals surface area contributed by atoms with Crippen molar-refractivity contribution < 1.29 is 18.0 Å². The highest BCUT2D eigenvalue weighted by molar-refractivity contribution is 5.95. The molecule has 1 fully saturated rings. The lowest BCUT2D eigenvalue weighted by Crippen LogP contribution is -2.46. The molecule has 2 rings (SSSR count). The summed E-state index contributed by atoms with van der Waals surface area (Å²) >= 11 is 0. The highest BCUT2D eigenvalue weighted by Gasteiger charge is 2.39. The second-order valence-corrected chi connectivity index (χ2v) is 6.36. The fourth-order valence-electron chi connectivity index (χ4n) is 2.95. The van der Waals surface area contributed by atoms with E-state index in [4.69, 9.17) is 0 Å². The third-order valence-electron chi connectivity index (χ3n) is 4.21. The lowest BCUT2D eigenvalue weighted by atomic mass is 9.99. The van der Waals surface area contributed by atoms with Crippen LogP contribution in [0.3, 0.4) is 0 Å². The Morgan fingerprint density at radius 1 is 1.52 bits per heavy atom. The molecule has 0 radical (unpaired) electrons. The fraction of sp³-hybridized carbons (Fsp3) is 0.733. The maximum atomic E-state index is 12.9. The van der Waals surface area contributed by atoms with E-state index in [0.717, 1.165) is 30.4 Å². The molecular formula is C15H23F3N4O. The molecule has 1 aromatic rings. The molecule has 1 aliphatic rings.